The molecule has 0 aliphatic carbocycles. The number of aliphatic imine (C=N–C) groups is 1. The van der Waals surface area contributed by atoms with Gasteiger partial charge in [-0.2, -0.15) is 13.7 Å². The highest BCUT2D eigenvalue weighted by molar-refractivity contribution is 7.66. The molecule has 3 heterocycles. The van der Waals surface area contributed by atoms with E-state index in [1.807, 2.05) is 0 Å². The third-order valence-corrected chi connectivity index (χ3v) is 8.11. The molecule has 1 aliphatic rings. The Morgan fingerprint density at radius 2 is 2.00 bits per heavy atom. The molecule has 32 heavy (non-hydrogen) atoms. The summed E-state index contributed by atoms with van der Waals surface area (Å²) in [5, 5.41) is 4.17. The molecule has 0 amide bonds. The molecule has 6 N–H and O–H groups in total. The van der Waals surface area contributed by atoms with Gasteiger partial charge in [-0.05, 0) is 25.0 Å². The smallest absolute Gasteiger partial charge is 0.382 e. The first kappa shape index (κ1) is 25.1. The lowest BCUT2D eigenvalue weighted by atomic mass is 9.97. The highest BCUT2D eigenvalue weighted by Gasteiger charge is 2.45. The molecule has 2 aromatic heterocycles. The van der Waals surface area contributed by atoms with E-state index in [1.54, 1.807) is 12.1 Å². The van der Waals surface area contributed by atoms with Gasteiger partial charge in [0.05, 0.1) is 18.4 Å². The fourth-order valence-corrected chi connectivity index (χ4v) is 6.27. The molecule has 4 atom stereocenters. The van der Waals surface area contributed by atoms with Gasteiger partial charge in [-0.1, -0.05) is 0 Å². The first-order valence-corrected chi connectivity index (χ1v) is 13.3. The maximum absolute atomic E-state index is 11.9. The van der Waals surface area contributed by atoms with Crippen molar-refractivity contribution >= 4 is 41.0 Å². The number of ether oxygens (including phenoxy) is 1. The lowest BCUT2D eigenvalue weighted by Gasteiger charge is -2.25. The normalized spacial score (nSPS) is 25.8. The molecule has 178 valence electrons. The monoisotopic (exact) mass is 515 g/mol. The standard InChI is InChI=1S/C13H20N5O11P3/c1-15-7-13(11-3-2-10-12(14)16-8-17-18(10)11)5-4-9(27-13)6-26-31(22,23)29-32(24,25)28-30(19,20)21/h2-3,7-9H,4-6H2,1H3,(H,22,23)(H,24,25)(H2,14,16,17)(H2,19,20,21)/t9-,13-/m0/s1. The zero-order valence-corrected chi connectivity index (χ0v) is 19.0. The molecule has 1 aliphatic heterocycles. The number of nitrogens with two attached hydrogens (primary N) is 1. The van der Waals surface area contributed by atoms with Crippen molar-refractivity contribution in [1.82, 2.24) is 14.6 Å². The second-order valence-electron chi connectivity index (χ2n) is 6.60. The number of aromatic nitrogens is 3. The van der Waals surface area contributed by atoms with Gasteiger partial charge in [-0.3, -0.25) is 9.52 Å². The summed E-state index contributed by atoms with van der Waals surface area (Å²) < 4.78 is 53.6. The highest BCUT2D eigenvalue weighted by Crippen LogP contribution is 2.66. The van der Waals surface area contributed by atoms with E-state index >= 15 is 0 Å². The third kappa shape index (κ3) is 5.87. The Morgan fingerprint density at radius 1 is 1.28 bits per heavy atom. The van der Waals surface area contributed by atoms with Crippen LogP contribution in [0.25, 0.3) is 5.52 Å². The van der Waals surface area contributed by atoms with Crippen LogP contribution in [0.1, 0.15) is 18.5 Å². The van der Waals surface area contributed by atoms with E-state index in [2.05, 4.69) is 28.2 Å². The SMILES string of the molecule is CN=C[C@]1(c2ccc3c(N)ncnn23)CC[C@@H](COP(=O)(O)OP(=O)(O)OP(=O)(O)O)O1. The molecule has 0 aromatic carbocycles. The molecule has 0 saturated carbocycles. The van der Waals surface area contributed by atoms with Crippen LogP contribution in [0.5, 0.6) is 0 Å². The van der Waals surface area contributed by atoms with Crippen molar-refractivity contribution in [2.45, 2.75) is 24.5 Å². The van der Waals surface area contributed by atoms with E-state index in [4.69, 9.17) is 20.3 Å². The molecule has 0 radical (unpaired) electrons. The van der Waals surface area contributed by atoms with E-state index in [9.17, 15) is 23.5 Å². The lowest BCUT2D eigenvalue weighted by Crippen LogP contribution is -2.31. The Kier molecular flexibility index (Phi) is 7.06. The van der Waals surface area contributed by atoms with Crippen molar-refractivity contribution < 1.29 is 51.2 Å². The quantitative estimate of drug-likeness (QED) is 0.229. The number of hydrogen-bond acceptors (Lipinski definition) is 11. The van der Waals surface area contributed by atoms with Gasteiger partial charge in [-0.15, -0.1) is 0 Å². The van der Waals surface area contributed by atoms with E-state index < -0.39 is 41.8 Å². The highest BCUT2D eigenvalue weighted by atomic mass is 31.3. The fraction of sp³-hybridized carbons (Fsp3) is 0.462. The molecule has 1 saturated heterocycles. The Bertz CT molecular complexity index is 1170. The molecular weight excluding hydrogens is 495 g/mol. The van der Waals surface area contributed by atoms with Crippen molar-refractivity contribution in [3.8, 4) is 0 Å². The summed E-state index contributed by atoms with van der Waals surface area (Å²) in [6.45, 7) is -0.566. The van der Waals surface area contributed by atoms with Crippen LogP contribution in [-0.2, 0) is 37.2 Å². The Balaban J connectivity index is 1.73. The van der Waals surface area contributed by atoms with Crippen molar-refractivity contribution in [2.24, 2.45) is 4.99 Å². The van der Waals surface area contributed by atoms with Crippen LogP contribution in [0.3, 0.4) is 0 Å². The van der Waals surface area contributed by atoms with Crippen molar-refractivity contribution in [3.63, 3.8) is 0 Å². The number of nitrogens with zero attached hydrogens (tertiary/aromatic N) is 4. The van der Waals surface area contributed by atoms with Crippen molar-refractivity contribution in [3.05, 3.63) is 24.2 Å². The number of phosphoric acid groups is 3. The number of hydrogen-bond donors (Lipinski definition) is 5. The predicted molar refractivity (Wildman–Crippen MR) is 107 cm³/mol. The number of anilines is 1. The average molecular weight is 515 g/mol. The summed E-state index contributed by atoms with van der Waals surface area (Å²) in [5.41, 5.74) is 5.86. The summed E-state index contributed by atoms with van der Waals surface area (Å²) in [4.78, 5) is 43.9. The fourth-order valence-electron chi connectivity index (χ4n) is 3.22. The molecule has 0 bridgehead atoms. The molecule has 3 rings (SSSR count). The Hall–Kier alpha value is -1.54. The minimum Gasteiger partial charge on any atom is -0.382 e. The largest absolute Gasteiger partial charge is 0.490 e. The maximum atomic E-state index is 11.9. The van der Waals surface area contributed by atoms with Gasteiger partial charge in [0, 0.05) is 13.3 Å². The van der Waals surface area contributed by atoms with Crippen LogP contribution in [-0.4, -0.2) is 60.1 Å². The predicted octanol–water partition coefficient (Wildman–Crippen LogP) is 0.730. The summed E-state index contributed by atoms with van der Waals surface area (Å²) in [6.07, 6.45) is 2.69. The molecule has 0 spiro atoms. The van der Waals surface area contributed by atoms with Gasteiger partial charge in [0.25, 0.3) is 0 Å². The van der Waals surface area contributed by atoms with Gasteiger partial charge in [-0.25, -0.2) is 23.2 Å². The second kappa shape index (κ2) is 9.01. The molecule has 2 aromatic rings. The van der Waals surface area contributed by atoms with Crippen LogP contribution < -0.4 is 5.73 Å². The number of phosphoric ester groups is 1. The third-order valence-electron chi connectivity index (χ3n) is 4.31. The topological polar surface area (TPSA) is 238 Å². The minimum absolute atomic E-state index is 0.247. The first-order chi connectivity index (χ1) is 14.8. The van der Waals surface area contributed by atoms with E-state index in [0.717, 1.165) is 0 Å². The Morgan fingerprint density at radius 3 is 2.66 bits per heavy atom. The summed E-state index contributed by atoms with van der Waals surface area (Å²) in [7, 11) is -14.8. The number of rotatable bonds is 9. The van der Waals surface area contributed by atoms with Crippen LogP contribution in [0.15, 0.2) is 23.5 Å². The van der Waals surface area contributed by atoms with Gasteiger partial charge in [0.2, 0.25) is 0 Å². The molecular formula is C13H20N5O11P3. The first-order valence-electron chi connectivity index (χ1n) is 8.74. The van der Waals surface area contributed by atoms with Crippen LogP contribution in [0.2, 0.25) is 0 Å². The second-order valence-corrected chi connectivity index (χ2v) is 11.0. The zero-order chi connectivity index (χ0) is 23.8. The van der Waals surface area contributed by atoms with Crippen molar-refractivity contribution in [1.29, 1.82) is 0 Å². The molecule has 16 nitrogen and oxygen atoms in total. The zero-order valence-electron chi connectivity index (χ0n) is 16.4. The van der Waals surface area contributed by atoms with Crippen LogP contribution >= 0.6 is 23.5 Å². The maximum Gasteiger partial charge on any atom is 0.490 e. The van der Waals surface area contributed by atoms with Gasteiger partial charge < -0.3 is 30.0 Å². The van der Waals surface area contributed by atoms with Crippen LogP contribution in [0.4, 0.5) is 5.82 Å². The van der Waals surface area contributed by atoms with Gasteiger partial charge in [0.1, 0.15) is 17.4 Å². The average Bonchev–Trinajstić information content (AvgIpc) is 3.23. The van der Waals surface area contributed by atoms with Crippen LogP contribution in [0, 0.1) is 0 Å². The van der Waals surface area contributed by atoms with Crippen molar-refractivity contribution in [2.75, 3.05) is 19.4 Å². The molecule has 1 fully saturated rings. The molecule has 2 unspecified atom stereocenters. The van der Waals surface area contributed by atoms with E-state index in [0.29, 0.717) is 24.1 Å². The van der Waals surface area contributed by atoms with E-state index in [1.165, 1.54) is 24.1 Å². The number of fused-ring (bicyclic) bond motifs is 1. The minimum atomic E-state index is -5.60. The lowest BCUT2D eigenvalue weighted by molar-refractivity contribution is -0.0222. The summed E-state index contributed by atoms with van der Waals surface area (Å²) in [5.74, 6) is 0.247. The van der Waals surface area contributed by atoms with Gasteiger partial charge in [0.15, 0.2) is 5.82 Å². The summed E-state index contributed by atoms with van der Waals surface area (Å²) in [6, 6.07) is 3.41. The summed E-state index contributed by atoms with van der Waals surface area (Å²) >= 11 is 0. The van der Waals surface area contributed by atoms with E-state index in [-0.39, 0.29) is 5.82 Å². The number of nitrogen functional groups attached to an aromatic ring is 1. The Labute approximate surface area is 180 Å². The molecule has 19 heteroatoms. The van der Waals surface area contributed by atoms with Gasteiger partial charge >= 0.3 is 23.5 Å².